The fourth-order valence-electron chi connectivity index (χ4n) is 1.51. The number of ether oxygens (including phenoxy) is 1. The Morgan fingerprint density at radius 1 is 1.44 bits per heavy atom. The molecule has 2 aromatic heterocycles. The fraction of sp³-hybridized carbons (Fsp3) is 0.250. The van der Waals surface area contributed by atoms with E-state index in [4.69, 9.17) is 10.5 Å². The number of hydrogen-bond acceptors (Lipinski definition) is 4. The van der Waals surface area contributed by atoms with E-state index in [9.17, 15) is 0 Å². The van der Waals surface area contributed by atoms with Gasteiger partial charge in [-0.15, -0.1) is 0 Å². The third kappa shape index (κ3) is 2.59. The number of aromatic nitrogens is 1. The molecule has 2 N–H and O–H groups in total. The Morgan fingerprint density at radius 3 is 2.88 bits per heavy atom. The average molecular weight is 234 g/mol. The van der Waals surface area contributed by atoms with Crippen LogP contribution in [-0.4, -0.2) is 12.1 Å². The Bertz CT molecular complexity index is 425. The highest BCUT2D eigenvalue weighted by atomic mass is 32.1. The monoisotopic (exact) mass is 234 g/mol. The molecule has 0 saturated heterocycles. The summed E-state index contributed by atoms with van der Waals surface area (Å²) < 4.78 is 5.01. The van der Waals surface area contributed by atoms with Gasteiger partial charge in [0.15, 0.2) is 0 Å². The molecule has 4 heteroatoms. The maximum Gasteiger partial charge on any atom is 0.212 e. The van der Waals surface area contributed by atoms with Crippen molar-refractivity contribution in [2.45, 2.75) is 12.5 Å². The van der Waals surface area contributed by atoms with Crippen molar-refractivity contribution in [2.24, 2.45) is 5.73 Å². The van der Waals surface area contributed by atoms with Crippen molar-refractivity contribution in [2.75, 3.05) is 7.11 Å². The molecule has 1 atom stereocenters. The number of thiophene rings is 1. The smallest absolute Gasteiger partial charge is 0.212 e. The minimum atomic E-state index is 0.0430. The molecular formula is C12H14N2OS. The lowest BCUT2D eigenvalue weighted by Gasteiger charge is -2.09. The molecule has 84 valence electrons. The first-order valence-corrected chi connectivity index (χ1v) is 6.00. The normalized spacial score (nSPS) is 12.4. The summed E-state index contributed by atoms with van der Waals surface area (Å²) in [5.41, 5.74) is 8.40. The SMILES string of the molecule is COc1ccc(CC(N)c2ccsc2)cn1. The Kier molecular flexibility index (Phi) is 3.54. The van der Waals surface area contributed by atoms with Crippen LogP contribution in [0.1, 0.15) is 17.2 Å². The van der Waals surface area contributed by atoms with Crippen LogP contribution < -0.4 is 10.5 Å². The van der Waals surface area contributed by atoms with E-state index in [2.05, 4.69) is 16.4 Å². The number of pyridine rings is 1. The van der Waals surface area contributed by atoms with Gasteiger partial charge in [-0.2, -0.15) is 11.3 Å². The second-order valence-corrected chi connectivity index (χ2v) is 4.36. The van der Waals surface area contributed by atoms with Crippen LogP contribution >= 0.6 is 11.3 Å². The molecule has 0 amide bonds. The second kappa shape index (κ2) is 5.09. The van der Waals surface area contributed by atoms with Gasteiger partial charge < -0.3 is 10.5 Å². The Morgan fingerprint density at radius 2 is 2.31 bits per heavy atom. The van der Waals surface area contributed by atoms with Crippen molar-refractivity contribution in [3.63, 3.8) is 0 Å². The highest BCUT2D eigenvalue weighted by Crippen LogP contribution is 2.18. The first-order chi connectivity index (χ1) is 7.79. The molecule has 1 unspecified atom stereocenters. The van der Waals surface area contributed by atoms with Gasteiger partial charge in [-0.1, -0.05) is 6.07 Å². The van der Waals surface area contributed by atoms with Gasteiger partial charge >= 0.3 is 0 Å². The molecule has 0 saturated carbocycles. The van der Waals surface area contributed by atoms with Crippen molar-refractivity contribution in [3.05, 3.63) is 46.3 Å². The first kappa shape index (κ1) is 11.1. The lowest BCUT2D eigenvalue weighted by atomic mass is 10.0. The third-order valence-electron chi connectivity index (χ3n) is 2.43. The van der Waals surface area contributed by atoms with Crippen molar-refractivity contribution >= 4 is 11.3 Å². The summed E-state index contributed by atoms with van der Waals surface area (Å²) in [5, 5.41) is 4.13. The Hall–Kier alpha value is -1.39. The maximum atomic E-state index is 6.09. The van der Waals surface area contributed by atoms with E-state index in [1.54, 1.807) is 18.4 Å². The zero-order valence-electron chi connectivity index (χ0n) is 9.09. The molecule has 2 heterocycles. The summed E-state index contributed by atoms with van der Waals surface area (Å²) in [7, 11) is 1.61. The van der Waals surface area contributed by atoms with Crippen molar-refractivity contribution in [3.8, 4) is 5.88 Å². The van der Waals surface area contributed by atoms with Crippen LogP contribution in [0.5, 0.6) is 5.88 Å². The molecule has 2 rings (SSSR count). The van der Waals surface area contributed by atoms with E-state index in [0.29, 0.717) is 5.88 Å². The maximum absolute atomic E-state index is 6.09. The van der Waals surface area contributed by atoms with E-state index < -0.39 is 0 Å². The average Bonchev–Trinajstić information content (AvgIpc) is 2.83. The molecule has 0 bridgehead atoms. The van der Waals surface area contributed by atoms with Crippen molar-refractivity contribution in [1.82, 2.24) is 4.98 Å². The number of hydrogen-bond donors (Lipinski definition) is 1. The summed E-state index contributed by atoms with van der Waals surface area (Å²) in [6, 6.07) is 5.96. The molecule has 0 fully saturated rings. The van der Waals surface area contributed by atoms with Gasteiger partial charge in [0.25, 0.3) is 0 Å². The van der Waals surface area contributed by atoms with E-state index in [1.165, 1.54) is 5.56 Å². The van der Waals surface area contributed by atoms with Gasteiger partial charge in [-0.3, -0.25) is 0 Å². The summed E-state index contributed by atoms with van der Waals surface area (Å²) in [5.74, 6) is 0.632. The van der Waals surface area contributed by atoms with Gasteiger partial charge in [-0.25, -0.2) is 4.98 Å². The summed E-state index contributed by atoms with van der Waals surface area (Å²) >= 11 is 1.67. The standard InChI is InChI=1S/C12H14N2OS/c1-15-12-3-2-9(7-14-12)6-11(13)10-4-5-16-8-10/h2-5,7-8,11H,6,13H2,1H3. The summed E-state index contributed by atoms with van der Waals surface area (Å²) in [6.45, 7) is 0. The predicted octanol–water partition coefficient (Wildman–Crippen LogP) is 2.39. The zero-order chi connectivity index (χ0) is 11.4. The number of methoxy groups -OCH3 is 1. The molecule has 0 aliphatic carbocycles. The quantitative estimate of drug-likeness (QED) is 0.883. The van der Waals surface area contributed by atoms with Crippen LogP contribution in [0.3, 0.4) is 0 Å². The van der Waals surface area contributed by atoms with Crippen molar-refractivity contribution < 1.29 is 4.74 Å². The molecule has 2 aromatic rings. The molecular weight excluding hydrogens is 220 g/mol. The molecule has 16 heavy (non-hydrogen) atoms. The van der Waals surface area contributed by atoms with Crippen LogP contribution in [0.2, 0.25) is 0 Å². The summed E-state index contributed by atoms with van der Waals surface area (Å²) in [4.78, 5) is 4.16. The largest absolute Gasteiger partial charge is 0.481 e. The van der Waals surface area contributed by atoms with Gasteiger partial charge in [0, 0.05) is 18.3 Å². The minimum Gasteiger partial charge on any atom is -0.481 e. The highest BCUT2D eigenvalue weighted by Gasteiger charge is 2.07. The molecule has 0 aliphatic rings. The van der Waals surface area contributed by atoms with Crippen LogP contribution in [0, 0.1) is 0 Å². The second-order valence-electron chi connectivity index (χ2n) is 3.58. The van der Waals surface area contributed by atoms with Crippen LogP contribution in [-0.2, 0) is 6.42 Å². The van der Waals surface area contributed by atoms with Crippen LogP contribution in [0.25, 0.3) is 0 Å². The third-order valence-corrected chi connectivity index (χ3v) is 3.14. The molecule has 0 radical (unpaired) electrons. The van der Waals surface area contributed by atoms with Crippen LogP contribution in [0.15, 0.2) is 35.2 Å². The first-order valence-electron chi connectivity index (χ1n) is 5.06. The zero-order valence-corrected chi connectivity index (χ0v) is 9.91. The molecule has 3 nitrogen and oxygen atoms in total. The Balaban J connectivity index is 2.03. The van der Waals surface area contributed by atoms with Crippen LogP contribution in [0.4, 0.5) is 0 Å². The van der Waals surface area contributed by atoms with E-state index >= 15 is 0 Å². The number of nitrogens with two attached hydrogens (primary N) is 1. The van der Waals surface area contributed by atoms with Gasteiger partial charge in [0.05, 0.1) is 7.11 Å². The minimum absolute atomic E-state index is 0.0430. The van der Waals surface area contributed by atoms with E-state index in [0.717, 1.165) is 12.0 Å². The van der Waals surface area contributed by atoms with Gasteiger partial charge in [-0.05, 0) is 34.4 Å². The highest BCUT2D eigenvalue weighted by molar-refractivity contribution is 7.07. The lowest BCUT2D eigenvalue weighted by Crippen LogP contribution is -2.12. The van der Waals surface area contributed by atoms with E-state index in [-0.39, 0.29) is 6.04 Å². The number of nitrogens with zero attached hydrogens (tertiary/aromatic N) is 1. The fourth-order valence-corrected chi connectivity index (χ4v) is 2.23. The Labute approximate surface area is 98.9 Å². The predicted molar refractivity (Wildman–Crippen MR) is 65.7 cm³/mol. The molecule has 0 spiro atoms. The van der Waals surface area contributed by atoms with E-state index in [1.807, 2.05) is 23.7 Å². The number of rotatable bonds is 4. The topological polar surface area (TPSA) is 48.1 Å². The van der Waals surface area contributed by atoms with Crippen molar-refractivity contribution in [1.29, 1.82) is 0 Å². The van der Waals surface area contributed by atoms with Gasteiger partial charge in [0.1, 0.15) is 0 Å². The summed E-state index contributed by atoms with van der Waals surface area (Å²) in [6.07, 6.45) is 2.61. The molecule has 0 aromatic carbocycles. The molecule has 0 aliphatic heterocycles. The lowest BCUT2D eigenvalue weighted by molar-refractivity contribution is 0.397. The van der Waals surface area contributed by atoms with Gasteiger partial charge in [0.2, 0.25) is 5.88 Å².